The van der Waals surface area contributed by atoms with Gasteiger partial charge >= 0.3 is 0 Å². The topological polar surface area (TPSA) is 0 Å². The first-order valence-corrected chi connectivity index (χ1v) is 5.18. The molecular weight excluding hydrogens is 132 g/mol. The summed E-state index contributed by atoms with van der Waals surface area (Å²) in [6.45, 7) is 7.06. The van der Waals surface area contributed by atoms with Gasteiger partial charge in [-0.3, -0.25) is 0 Å². The Morgan fingerprint density at radius 3 is 2.27 bits per heavy atom. The monoisotopic (exact) mass is 154 g/mol. The zero-order chi connectivity index (χ0) is 8.27. The van der Waals surface area contributed by atoms with Crippen LogP contribution < -0.4 is 0 Å². The Hall–Kier alpha value is 0. The van der Waals surface area contributed by atoms with Crippen LogP contribution in [0, 0.1) is 17.8 Å². The van der Waals surface area contributed by atoms with Gasteiger partial charge in [-0.2, -0.15) is 0 Å². The first-order valence-electron chi connectivity index (χ1n) is 5.18. The van der Waals surface area contributed by atoms with Gasteiger partial charge in [0.2, 0.25) is 0 Å². The molecule has 0 aromatic heterocycles. The average molecular weight is 154 g/mol. The lowest BCUT2D eigenvalue weighted by Gasteiger charge is -2.12. The molecule has 1 aliphatic rings. The molecule has 1 atom stereocenters. The average Bonchev–Trinajstić information content (AvgIpc) is 2.63. The SMILES string of the molecule is CC(C)CC(C)CCC1CC1. The van der Waals surface area contributed by atoms with Crippen molar-refractivity contribution in [3.8, 4) is 0 Å². The van der Waals surface area contributed by atoms with Gasteiger partial charge in [-0.1, -0.05) is 46.5 Å². The van der Waals surface area contributed by atoms with Gasteiger partial charge in [-0.25, -0.2) is 0 Å². The molecule has 0 saturated heterocycles. The molecule has 0 aromatic carbocycles. The number of hydrogen-bond donors (Lipinski definition) is 0. The van der Waals surface area contributed by atoms with Crippen molar-refractivity contribution in [3.63, 3.8) is 0 Å². The molecule has 1 saturated carbocycles. The van der Waals surface area contributed by atoms with Gasteiger partial charge in [-0.05, 0) is 24.2 Å². The lowest BCUT2D eigenvalue weighted by molar-refractivity contribution is 0.397. The summed E-state index contributed by atoms with van der Waals surface area (Å²) in [5.74, 6) is 2.99. The summed E-state index contributed by atoms with van der Waals surface area (Å²) >= 11 is 0. The molecule has 0 amide bonds. The van der Waals surface area contributed by atoms with Crippen molar-refractivity contribution in [2.45, 2.75) is 52.9 Å². The van der Waals surface area contributed by atoms with E-state index < -0.39 is 0 Å². The van der Waals surface area contributed by atoms with Gasteiger partial charge in [0.15, 0.2) is 0 Å². The lowest BCUT2D eigenvalue weighted by atomic mass is 9.94. The predicted octanol–water partition coefficient (Wildman–Crippen LogP) is 3.86. The van der Waals surface area contributed by atoms with Crippen LogP contribution in [0.5, 0.6) is 0 Å². The third-order valence-corrected chi connectivity index (χ3v) is 2.64. The minimum atomic E-state index is 0.893. The van der Waals surface area contributed by atoms with E-state index in [1.54, 1.807) is 0 Å². The molecule has 0 bridgehead atoms. The fraction of sp³-hybridized carbons (Fsp3) is 1.00. The zero-order valence-electron chi connectivity index (χ0n) is 8.27. The van der Waals surface area contributed by atoms with E-state index in [4.69, 9.17) is 0 Å². The van der Waals surface area contributed by atoms with E-state index in [2.05, 4.69) is 20.8 Å². The maximum absolute atomic E-state index is 2.41. The summed E-state index contributed by atoms with van der Waals surface area (Å²) in [4.78, 5) is 0. The van der Waals surface area contributed by atoms with Crippen LogP contribution in [0.1, 0.15) is 52.9 Å². The van der Waals surface area contributed by atoms with E-state index in [0.29, 0.717) is 0 Å². The lowest BCUT2D eigenvalue weighted by Crippen LogP contribution is -2.00. The molecule has 0 N–H and O–H groups in total. The molecule has 0 aliphatic heterocycles. The van der Waals surface area contributed by atoms with Crippen molar-refractivity contribution in [3.05, 3.63) is 0 Å². The van der Waals surface area contributed by atoms with E-state index >= 15 is 0 Å². The van der Waals surface area contributed by atoms with E-state index in [-0.39, 0.29) is 0 Å². The van der Waals surface area contributed by atoms with Crippen LogP contribution in [0.15, 0.2) is 0 Å². The third-order valence-electron chi connectivity index (χ3n) is 2.64. The summed E-state index contributed by atoms with van der Waals surface area (Å²) in [5, 5.41) is 0. The standard InChI is InChI=1S/C11H22/c1-9(2)8-10(3)4-5-11-6-7-11/h9-11H,4-8H2,1-3H3. The third kappa shape index (κ3) is 4.44. The highest BCUT2D eigenvalue weighted by molar-refractivity contribution is 4.73. The van der Waals surface area contributed by atoms with Crippen molar-refractivity contribution in [1.82, 2.24) is 0 Å². The molecule has 0 heteroatoms. The molecule has 0 spiro atoms. The Bertz CT molecular complexity index is 101. The van der Waals surface area contributed by atoms with Crippen molar-refractivity contribution >= 4 is 0 Å². The normalized spacial score (nSPS) is 20.7. The first-order chi connectivity index (χ1) is 5.18. The van der Waals surface area contributed by atoms with Gasteiger partial charge < -0.3 is 0 Å². The fourth-order valence-electron chi connectivity index (χ4n) is 1.85. The van der Waals surface area contributed by atoms with Gasteiger partial charge in [0, 0.05) is 0 Å². The quantitative estimate of drug-likeness (QED) is 0.564. The molecule has 1 fully saturated rings. The largest absolute Gasteiger partial charge is 0.0628 e. The second-order valence-electron chi connectivity index (χ2n) is 4.76. The van der Waals surface area contributed by atoms with Crippen LogP contribution in [0.2, 0.25) is 0 Å². The van der Waals surface area contributed by atoms with Crippen LogP contribution in [-0.4, -0.2) is 0 Å². The summed E-state index contributed by atoms with van der Waals surface area (Å²) in [5.41, 5.74) is 0. The molecule has 0 heterocycles. The fourth-order valence-corrected chi connectivity index (χ4v) is 1.85. The second-order valence-corrected chi connectivity index (χ2v) is 4.76. The summed E-state index contributed by atoms with van der Waals surface area (Å²) in [6.07, 6.45) is 7.45. The second kappa shape index (κ2) is 4.13. The summed E-state index contributed by atoms with van der Waals surface area (Å²) in [7, 11) is 0. The Kier molecular flexibility index (Phi) is 3.42. The first kappa shape index (κ1) is 9.09. The van der Waals surface area contributed by atoms with Crippen LogP contribution >= 0.6 is 0 Å². The van der Waals surface area contributed by atoms with Gasteiger partial charge in [0.1, 0.15) is 0 Å². The van der Waals surface area contributed by atoms with Gasteiger partial charge in [-0.15, -0.1) is 0 Å². The van der Waals surface area contributed by atoms with Crippen molar-refractivity contribution < 1.29 is 0 Å². The highest BCUT2D eigenvalue weighted by atomic mass is 14.3. The molecule has 1 unspecified atom stereocenters. The molecular formula is C11H22. The minimum absolute atomic E-state index is 0.893. The molecule has 0 nitrogen and oxygen atoms in total. The van der Waals surface area contributed by atoms with Crippen LogP contribution in [0.25, 0.3) is 0 Å². The highest BCUT2D eigenvalue weighted by Crippen LogP contribution is 2.35. The Labute approximate surface area is 71.4 Å². The summed E-state index contributed by atoms with van der Waals surface area (Å²) < 4.78 is 0. The highest BCUT2D eigenvalue weighted by Gasteiger charge is 2.21. The van der Waals surface area contributed by atoms with E-state index in [1.807, 2.05) is 0 Å². The van der Waals surface area contributed by atoms with Crippen molar-refractivity contribution in [1.29, 1.82) is 0 Å². The molecule has 1 rings (SSSR count). The van der Waals surface area contributed by atoms with Crippen LogP contribution in [-0.2, 0) is 0 Å². The number of rotatable bonds is 5. The van der Waals surface area contributed by atoms with Crippen molar-refractivity contribution in [2.75, 3.05) is 0 Å². The molecule has 11 heavy (non-hydrogen) atoms. The number of hydrogen-bond acceptors (Lipinski definition) is 0. The predicted molar refractivity (Wildman–Crippen MR) is 50.6 cm³/mol. The Morgan fingerprint density at radius 2 is 1.82 bits per heavy atom. The molecule has 0 aromatic rings. The molecule has 0 radical (unpaired) electrons. The molecule has 66 valence electrons. The maximum Gasteiger partial charge on any atom is -0.0414 e. The zero-order valence-corrected chi connectivity index (χ0v) is 8.27. The van der Waals surface area contributed by atoms with Crippen LogP contribution in [0.4, 0.5) is 0 Å². The van der Waals surface area contributed by atoms with Gasteiger partial charge in [0.05, 0.1) is 0 Å². The molecule has 1 aliphatic carbocycles. The Balaban J connectivity index is 1.95. The van der Waals surface area contributed by atoms with E-state index in [1.165, 1.54) is 32.1 Å². The summed E-state index contributed by atoms with van der Waals surface area (Å²) in [6, 6.07) is 0. The smallest absolute Gasteiger partial charge is 0.0414 e. The van der Waals surface area contributed by atoms with Crippen LogP contribution in [0.3, 0.4) is 0 Å². The van der Waals surface area contributed by atoms with Gasteiger partial charge in [0.25, 0.3) is 0 Å². The minimum Gasteiger partial charge on any atom is -0.0628 e. The van der Waals surface area contributed by atoms with E-state index in [0.717, 1.165) is 17.8 Å². The maximum atomic E-state index is 2.41. The van der Waals surface area contributed by atoms with E-state index in [9.17, 15) is 0 Å². The Morgan fingerprint density at radius 1 is 1.18 bits per heavy atom. The van der Waals surface area contributed by atoms with Crippen molar-refractivity contribution in [2.24, 2.45) is 17.8 Å².